The maximum atomic E-state index is 12.6. The van der Waals surface area contributed by atoms with Crippen molar-refractivity contribution >= 4 is 0 Å². The first-order valence-corrected chi connectivity index (χ1v) is 5.36. The summed E-state index contributed by atoms with van der Waals surface area (Å²) in [6.07, 6.45) is -4.38. The molecule has 1 atom stereocenters. The van der Waals surface area contributed by atoms with Gasteiger partial charge in [-0.25, -0.2) is 0 Å². The van der Waals surface area contributed by atoms with E-state index in [0.717, 1.165) is 12.1 Å². The normalized spacial score (nSPS) is 16.7. The highest BCUT2D eigenvalue weighted by Crippen LogP contribution is 2.40. The van der Waals surface area contributed by atoms with Crippen molar-refractivity contribution in [2.75, 3.05) is 0 Å². The number of aliphatic hydroxyl groups is 1. The highest BCUT2D eigenvalue weighted by molar-refractivity contribution is 5.30. The summed E-state index contributed by atoms with van der Waals surface area (Å²) in [4.78, 5) is 0. The molecule has 0 fully saturated rings. The molecule has 0 aliphatic rings. The number of hydrogen-bond acceptors (Lipinski definition) is 1. The molecule has 0 heterocycles. The number of hydrogen-bond donors (Lipinski definition) is 1. The third-order valence-corrected chi connectivity index (χ3v) is 3.21. The molecule has 0 aliphatic heterocycles. The zero-order valence-electron chi connectivity index (χ0n) is 10.4. The van der Waals surface area contributed by atoms with Crippen LogP contribution in [-0.2, 0) is 11.8 Å². The standard InChI is InChI=1S/C13H17F3O/c1-11(2,3)12(4,17)9-6-5-7-10(8-9)13(14,15)16/h5-8,17H,1-4H3. The van der Waals surface area contributed by atoms with Gasteiger partial charge in [0.05, 0.1) is 11.2 Å². The van der Waals surface area contributed by atoms with Gasteiger partial charge < -0.3 is 5.11 Å². The molecule has 17 heavy (non-hydrogen) atoms. The summed E-state index contributed by atoms with van der Waals surface area (Å²) in [5, 5.41) is 10.3. The molecule has 0 aliphatic carbocycles. The predicted octanol–water partition coefficient (Wildman–Crippen LogP) is 3.96. The van der Waals surface area contributed by atoms with Gasteiger partial charge in [-0.15, -0.1) is 0 Å². The molecule has 1 N–H and O–H groups in total. The van der Waals surface area contributed by atoms with Gasteiger partial charge in [-0.2, -0.15) is 13.2 Å². The van der Waals surface area contributed by atoms with Crippen LogP contribution in [0.15, 0.2) is 24.3 Å². The third-order valence-electron chi connectivity index (χ3n) is 3.21. The molecule has 0 radical (unpaired) electrons. The van der Waals surface area contributed by atoms with Crippen LogP contribution >= 0.6 is 0 Å². The molecule has 1 aromatic carbocycles. The molecule has 4 heteroatoms. The van der Waals surface area contributed by atoms with Crippen LogP contribution in [0.2, 0.25) is 0 Å². The monoisotopic (exact) mass is 246 g/mol. The van der Waals surface area contributed by atoms with E-state index in [1.54, 1.807) is 20.8 Å². The summed E-state index contributed by atoms with van der Waals surface area (Å²) in [5.74, 6) is 0. The molecule has 1 nitrogen and oxygen atoms in total. The number of halogens is 3. The van der Waals surface area contributed by atoms with E-state index in [1.165, 1.54) is 19.1 Å². The van der Waals surface area contributed by atoms with Crippen molar-refractivity contribution in [2.24, 2.45) is 5.41 Å². The Morgan fingerprint density at radius 1 is 0.941 bits per heavy atom. The minimum Gasteiger partial charge on any atom is -0.385 e. The second kappa shape index (κ2) is 4.02. The van der Waals surface area contributed by atoms with Crippen LogP contribution in [0.1, 0.15) is 38.8 Å². The van der Waals surface area contributed by atoms with Gasteiger partial charge in [-0.3, -0.25) is 0 Å². The maximum absolute atomic E-state index is 12.6. The molecule has 0 amide bonds. The van der Waals surface area contributed by atoms with E-state index >= 15 is 0 Å². The lowest BCUT2D eigenvalue weighted by Crippen LogP contribution is -2.37. The fraction of sp³-hybridized carbons (Fsp3) is 0.538. The fourth-order valence-electron chi connectivity index (χ4n) is 1.43. The Bertz CT molecular complexity index is 400. The Morgan fingerprint density at radius 2 is 1.41 bits per heavy atom. The van der Waals surface area contributed by atoms with Crippen LogP contribution in [0.3, 0.4) is 0 Å². The van der Waals surface area contributed by atoms with Crippen molar-refractivity contribution in [3.63, 3.8) is 0 Å². The Hall–Kier alpha value is -1.03. The topological polar surface area (TPSA) is 20.2 Å². The van der Waals surface area contributed by atoms with Crippen molar-refractivity contribution in [2.45, 2.75) is 39.5 Å². The average molecular weight is 246 g/mol. The second-order valence-corrected chi connectivity index (χ2v) is 5.40. The Morgan fingerprint density at radius 3 is 1.82 bits per heavy atom. The first-order valence-electron chi connectivity index (χ1n) is 5.36. The van der Waals surface area contributed by atoms with Crippen molar-refractivity contribution in [3.8, 4) is 0 Å². The predicted molar refractivity (Wildman–Crippen MR) is 60.5 cm³/mol. The fourth-order valence-corrected chi connectivity index (χ4v) is 1.43. The van der Waals surface area contributed by atoms with Gasteiger partial charge in [0.25, 0.3) is 0 Å². The zero-order chi connectivity index (χ0) is 13.5. The van der Waals surface area contributed by atoms with E-state index in [2.05, 4.69) is 0 Å². The van der Waals surface area contributed by atoms with Crippen molar-refractivity contribution in [1.29, 1.82) is 0 Å². The van der Waals surface area contributed by atoms with Crippen LogP contribution in [0, 0.1) is 5.41 Å². The maximum Gasteiger partial charge on any atom is 0.416 e. The minimum absolute atomic E-state index is 0.278. The summed E-state index contributed by atoms with van der Waals surface area (Å²) in [6, 6.07) is 4.84. The molecule has 1 unspecified atom stereocenters. The Kier molecular flexibility index (Phi) is 3.32. The summed E-state index contributed by atoms with van der Waals surface area (Å²) >= 11 is 0. The summed E-state index contributed by atoms with van der Waals surface area (Å²) < 4.78 is 37.7. The lowest BCUT2D eigenvalue weighted by Gasteiger charge is -2.37. The first-order chi connectivity index (χ1) is 7.46. The van der Waals surface area contributed by atoms with Gasteiger partial charge >= 0.3 is 6.18 Å². The lowest BCUT2D eigenvalue weighted by molar-refractivity contribution is -0.137. The van der Waals surface area contributed by atoms with Gasteiger partial charge in [0.2, 0.25) is 0 Å². The summed E-state index contributed by atoms with van der Waals surface area (Å²) in [5.41, 5.74) is -2.31. The SMILES string of the molecule is CC(C)(C)C(C)(O)c1cccc(C(F)(F)F)c1. The van der Waals surface area contributed by atoms with Gasteiger partial charge in [0.1, 0.15) is 0 Å². The summed E-state index contributed by atoms with van der Waals surface area (Å²) in [6.45, 7) is 6.89. The van der Waals surface area contributed by atoms with Crippen LogP contribution in [-0.4, -0.2) is 5.11 Å². The van der Waals surface area contributed by atoms with Crippen LogP contribution in [0.25, 0.3) is 0 Å². The molecule has 0 saturated heterocycles. The smallest absolute Gasteiger partial charge is 0.385 e. The molecule has 0 spiro atoms. The van der Waals surface area contributed by atoms with Gasteiger partial charge in [0, 0.05) is 0 Å². The van der Waals surface area contributed by atoms with Gasteiger partial charge in [0.15, 0.2) is 0 Å². The van der Waals surface area contributed by atoms with Crippen molar-refractivity contribution in [3.05, 3.63) is 35.4 Å². The molecule has 0 aromatic heterocycles. The molecule has 1 aromatic rings. The van der Waals surface area contributed by atoms with E-state index in [1.807, 2.05) is 0 Å². The molecular weight excluding hydrogens is 229 g/mol. The lowest BCUT2D eigenvalue weighted by atomic mass is 9.73. The molecule has 96 valence electrons. The number of alkyl halides is 3. The van der Waals surface area contributed by atoms with E-state index in [9.17, 15) is 18.3 Å². The highest BCUT2D eigenvalue weighted by atomic mass is 19.4. The van der Waals surface area contributed by atoms with Gasteiger partial charge in [-0.05, 0) is 30.0 Å². The summed E-state index contributed by atoms with van der Waals surface area (Å²) in [7, 11) is 0. The number of benzene rings is 1. The largest absolute Gasteiger partial charge is 0.416 e. The van der Waals surface area contributed by atoms with Crippen molar-refractivity contribution in [1.82, 2.24) is 0 Å². The Labute approximate surface area is 99.3 Å². The molecule has 0 bridgehead atoms. The third kappa shape index (κ3) is 2.80. The van der Waals surface area contributed by atoms with E-state index < -0.39 is 22.8 Å². The average Bonchev–Trinajstić information content (AvgIpc) is 2.15. The molecule has 0 saturated carbocycles. The van der Waals surface area contributed by atoms with E-state index in [4.69, 9.17) is 0 Å². The first kappa shape index (κ1) is 14.0. The minimum atomic E-state index is -4.38. The van der Waals surface area contributed by atoms with E-state index in [0.29, 0.717) is 0 Å². The highest BCUT2D eigenvalue weighted by Gasteiger charge is 2.38. The number of rotatable bonds is 1. The molecule has 1 rings (SSSR count). The zero-order valence-corrected chi connectivity index (χ0v) is 10.4. The van der Waals surface area contributed by atoms with Crippen LogP contribution < -0.4 is 0 Å². The quantitative estimate of drug-likeness (QED) is 0.795. The van der Waals surface area contributed by atoms with Crippen molar-refractivity contribution < 1.29 is 18.3 Å². The van der Waals surface area contributed by atoms with Crippen LogP contribution in [0.4, 0.5) is 13.2 Å². The van der Waals surface area contributed by atoms with Gasteiger partial charge in [-0.1, -0.05) is 32.9 Å². The second-order valence-electron chi connectivity index (χ2n) is 5.40. The Balaban J connectivity index is 3.26. The molecular formula is C13H17F3O. The van der Waals surface area contributed by atoms with Crippen LogP contribution in [0.5, 0.6) is 0 Å². The van der Waals surface area contributed by atoms with E-state index in [-0.39, 0.29) is 5.56 Å².